The maximum Gasteiger partial charge on any atom is 0.197 e. The predicted octanol–water partition coefficient (Wildman–Crippen LogP) is 2.37. The fourth-order valence-corrected chi connectivity index (χ4v) is 4.71. The highest BCUT2D eigenvalue weighted by molar-refractivity contribution is 7.91. The summed E-state index contributed by atoms with van der Waals surface area (Å²) in [5, 5.41) is -0.0682. The van der Waals surface area contributed by atoms with Gasteiger partial charge in [0.05, 0.1) is 36.7 Å². The van der Waals surface area contributed by atoms with Crippen LogP contribution in [0.4, 0.5) is 4.39 Å². The maximum atomic E-state index is 14.9. The van der Waals surface area contributed by atoms with Crippen molar-refractivity contribution in [1.29, 1.82) is 0 Å². The lowest BCUT2D eigenvalue weighted by molar-refractivity contribution is 0.0408. The number of aromatic nitrogens is 1. The molecule has 1 aliphatic heterocycles. The predicted molar refractivity (Wildman–Crippen MR) is 124 cm³/mol. The van der Waals surface area contributed by atoms with Crippen LogP contribution in [0.5, 0.6) is 0 Å². The lowest BCUT2D eigenvalue weighted by atomic mass is 10.0. The molecule has 0 radical (unpaired) electrons. The van der Waals surface area contributed by atoms with E-state index < -0.39 is 15.7 Å². The standard InChI is InChI=1S/C22H26FN5O3S/c1-16(24)27-15-21(25-2)19-6-5-17(14-20(19)23)18-4-3-7-26-22(18)32(29,30)13-10-28-8-11-31-12-9-28/h3-7,14-15H,2,8-13H2,1H3,(H2,24,27)/b21-15-. The number of amidine groups is 1. The van der Waals surface area contributed by atoms with Crippen molar-refractivity contribution >= 4 is 28.1 Å². The molecule has 1 aromatic heterocycles. The molecule has 2 heterocycles. The molecule has 3 rings (SSSR count). The lowest BCUT2D eigenvalue weighted by Gasteiger charge is -2.26. The molecule has 0 aliphatic carbocycles. The third-order valence-corrected chi connectivity index (χ3v) is 6.60. The maximum absolute atomic E-state index is 14.9. The van der Waals surface area contributed by atoms with E-state index in [1.807, 2.05) is 4.90 Å². The quantitative estimate of drug-likeness (QED) is 0.479. The van der Waals surface area contributed by atoms with Crippen LogP contribution < -0.4 is 5.73 Å². The molecule has 1 saturated heterocycles. The number of hydrogen-bond acceptors (Lipinski definition) is 7. The van der Waals surface area contributed by atoms with Gasteiger partial charge in [0.2, 0.25) is 0 Å². The molecule has 1 aliphatic rings. The van der Waals surface area contributed by atoms with E-state index in [0.29, 0.717) is 49.8 Å². The zero-order valence-corrected chi connectivity index (χ0v) is 18.7. The summed E-state index contributed by atoms with van der Waals surface area (Å²) in [5.74, 6) is -0.376. The second-order valence-electron chi connectivity index (χ2n) is 7.27. The third kappa shape index (κ3) is 5.84. The number of nitrogens with zero attached hydrogens (tertiary/aromatic N) is 4. The Morgan fingerprint density at radius 2 is 2.09 bits per heavy atom. The third-order valence-electron chi connectivity index (χ3n) is 4.96. The van der Waals surface area contributed by atoms with Gasteiger partial charge in [-0.25, -0.2) is 22.8 Å². The minimum atomic E-state index is -3.69. The zero-order valence-electron chi connectivity index (χ0n) is 17.9. The van der Waals surface area contributed by atoms with Crippen LogP contribution in [-0.4, -0.2) is 69.5 Å². The normalized spacial score (nSPS) is 16.2. The van der Waals surface area contributed by atoms with Crippen molar-refractivity contribution in [2.45, 2.75) is 11.9 Å². The van der Waals surface area contributed by atoms with Gasteiger partial charge in [0.1, 0.15) is 5.82 Å². The molecular weight excluding hydrogens is 433 g/mol. The zero-order chi connectivity index (χ0) is 23.1. The number of aliphatic imine (C=N–C) groups is 2. The van der Waals surface area contributed by atoms with Gasteiger partial charge in [0.15, 0.2) is 14.9 Å². The van der Waals surface area contributed by atoms with Crippen molar-refractivity contribution in [2.75, 3.05) is 38.6 Å². The number of pyridine rings is 1. The van der Waals surface area contributed by atoms with Gasteiger partial charge in [0, 0.05) is 37.0 Å². The number of nitrogens with two attached hydrogens (primary N) is 1. The van der Waals surface area contributed by atoms with Gasteiger partial charge >= 0.3 is 0 Å². The van der Waals surface area contributed by atoms with Crippen LogP contribution in [0, 0.1) is 5.82 Å². The highest BCUT2D eigenvalue weighted by Gasteiger charge is 2.23. The summed E-state index contributed by atoms with van der Waals surface area (Å²) in [4.78, 5) is 13.9. The summed E-state index contributed by atoms with van der Waals surface area (Å²) in [6.45, 7) is 7.99. The number of ether oxygens (including phenoxy) is 1. The lowest BCUT2D eigenvalue weighted by Crippen LogP contribution is -2.39. The molecule has 170 valence electrons. The van der Waals surface area contributed by atoms with Gasteiger partial charge in [0.25, 0.3) is 0 Å². The first-order chi connectivity index (χ1) is 15.3. The van der Waals surface area contributed by atoms with Crippen LogP contribution in [0.15, 0.2) is 57.7 Å². The van der Waals surface area contributed by atoms with E-state index in [4.69, 9.17) is 10.5 Å². The van der Waals surface area contributed by atoms with Crippen molar-refractivity contribution in [3.63, 3.8) is 0 Å². The number of sulfone groups is 1. The summed E-state index contributed by atoms with van der Waals surface area (Å²) < 4.78 is 46.3. The average Bonchev–Trinajstić information content (AvgIpc) is 2.79. The average molecular weight is 460 g/mol. The second kappa shape index (κ2) is 10.6. The molecule has 0 atom stereocenters. The SMILES string of the molecule is C=N/C(=C\N=C(/C)N)c1ccc(-c2cccnc2S(=O)(=O)CCN2CCOCC2)cc1F. The van der Waals surface area contributed by atoms with Gasteiger partial charge in [-0.1, -0.05) is 6.07 Å². The minimum absolute atomic E-state index is 0.0682. The molecule has 0 bridgehead atoms. The van der Waals surface area contributed by atoms with Crippen LogP contribution in [-0.2, 0) is 14.6 Å². The fourth-order valence-electron chi connectivity index (χ4n) is 3.28. The number of hydrogen-bond donors (Lipinski definition) is 1. The molecule has 0 unspecified atom stereocenters. The largest absolute Gasteiger partial charge is 0.387 e. The number of morpholine rings is 1. The summed E-state index contributed by atoms with van der Waals surface area (Å²) in [6.07, 6.45) is 2.75. The molecule has 1 aromatic carbocycles. The highest BCUT2D eigenvalue weighted by atomic mass is 32.2. The first-order valence-corrected chi connectivity index (χ1v) is 11.7. The monoisotopic (exact) mass is 459 g/mol. The molecule has 1 fully saturated rings. The van der Waals surface area contributed by atoms with Crippen LogP contribution in [0.25, 0.3) is 16.8 Å². The van der Waals surface area contributed by atoms with Gasteiger partial charge in [-0.15, -0.1) is 0 Å². The fraction of sp³-hybridized carbons (Fsp3) is 0.318. The van der Waals surface area contributed by atoms with Crippen LogP contribution in [0.1, 0.15) is 12.5 Å². The molecule has 32 heavy (non-hydrogen) atoms. The first kappa shape index (κ1) is 23.7. The molecule has 0 spiro atoms. The Kier molecular flexibility index (Phi) is 7.84. The number of halogens is 1. The number of rotatable bonds is 8. The van der Waals surface area contributed by atoms with Gasteiger partial charge in [-0.05, 0) is 43.5 Å². The second-order valence-corrected chi connectivity index (χ2v) is 9.29. The Morgan fingerprint density at radius 3 is 2.75 bits per heavy atom. The van der Waals surface area contributed by atoms with E-state index in [-0.39, 0.29) is 22.0 Å². The van der Waals surface area contributed by atoms with E-state index in [1.165, 1.54) is 24.5 Å². The van der Waals surface area contributed by atoms with E-state index in [1.54, 1.807) is 25.1 Å². The van der Waals surface area contributed by atoms with Crippen molar-refractivity contribution in [2.24, 2.45) is 15.7 Å². The smallest absolute Gasteiger partial charge is 0.197 e. The molecule has 8 nitrogen and oxygen atoms in total. The molecule has 10 heteroatoms. The van der Waals surface area contributed by atoms with E-state index in [9.17, 15) is 12.8 Å². The summed E-state index contributed by atoms with van der Waals surface area (Å²) in [7, 11) is -3.69. The summed E-state index contributed by atoms with van der Waals surface area (Å²) in [6, 6.07) is 7.62. The highest BCUT2D eigenvalue weighted by Crippen LogP contribution is 2.30. The molecule has 2 N–H and O–H groups in total. The first-order valence-electron chi connectivity index (χ1n) is 10.1. The minimum Gasteiger partial charge on any atom is -0.387 e. The van der Waals surface area contributed by atoms with Gasteiger partial charge < -0.3 is 10.5 Å². The van der Waals surface area contributed by atoms with Gasteiger partial charge in [-0.2, -0.15) is 0 Å². The van der Waals surface area contributed by atoms with E-state index in [2.05, 4.69) is 21.7 Å². The van der Waals surface area contributed by atoms with Crippen LogP contribution in [0.3, 0.4) is 0 Å². The van der Waals surface area contributed by atoms with Crippen LogP contribution >= 0.6 is 0 Å². The Labute approximate surface area is 187 Å². The number of benzene rings is 1. The van der Waals surface area contributed by atoms with E-state index in [0.717, 1.165) is 0 Å². The molecular formula is C22H26FN5O3S. The topological polar surface area (TPSA) is 110 Å². The molecule has 0 amide bonds. The van der Waals surface area contributed by atoms with Crippen molar-refractivity contribution < 1.29 is 17.5 Å². The van der Waals surface area contributed by atoms with Crippen molar-refractivity contribution in [3.05, 3.63) is 54.1 Å². The Morgan fingerprint density at radius 1 is 1.34 bits per heavy atom. The van der Waals surface area contributed by atoms with Gasteiger partial charge in [-0.3, -0.25) is 9.89 Å². The Hall–Kier alpha value is -2.95. The summed E-state index contributed by atoms with van der Waals surface area (Å²) in [5.41, 5.74) is 6.64. The van der Waals surface area contributed by atoms with Crippen LogP contribution in [0.2, 0.25) is 0 Å². The molecule has 0 saturated carbocycles. The van der Waals surface area contributed by atoms with Crippen molar-refractivity contribution in [1.82, 2.24) is 9.88 Å². The van der Waals surface area contributed by atoms with Crippen molar-refractivity contribution in [3.8, 4) is 11.1 Å². The Balaban J connectivity index is 1.91. The summed E-state index contributed by atoms with van der Waals surface area (Å²) >= 11 is 0. The molecule has 2 aromatic rings. The van der Waals surface area contributed by atoms with E-state index >= 15 is 0 Å². The Bertz CT molecular complexity index is 1140.